The topological polar surface area (TPSA) is 20.2 Å². The zero-order chi connectivity index (χ0) is 13.5. The lowest BCUT2D eigenvalue weighted by Gasteiger charge is -2.25. The Morgan fingerprint density at radius 3 is 2.42 bits per heavy atom. The maximum atomic E-state index is 11.2. The van der Waals surface area contributed by atoms with E-state index in [2.05, 4.69) is 24.7 Å². The highest BCUT2D eigenvalue weighted by Crippen LogP contribution is 2.53. The zero-order valence-corrected chi connectivity index (χ0v) is 12.6. The van der Waals surface area contributed by atoms with Crippen molar-refractivity contribution in [1.82, 2.24) is 0 Å². The number of hydrogen-bond acceptors (Lipinski definition) is 3. The summed E-state index contributed by atoms with van der Waals surface area (Å²) in [5, 5.41) is 11.2. The number of hydrogen-bond donors (Lipinski definition) is 1. The van der Waals surface area contributed by atoms with Crippen LogP contribution in [-0.4, -0.2) is 17.6 Å². The first kappa shape index (κ1) is 13.1. The summed E-state index contributed by atoms with van der Waals surface area (Å²) in [7, 11) is 0. The lowest BCUT2D eigenvalue weighted by Crippen LogP contribution is -2.24. The summed E-state index contributed by atoms with van der Waals surface area (Å²) in [5.41, 5.74) is 2.41. The second-order valence-corrected chi connectivity index (χ2v) is 6.53. The predicted molar refractivity (Wildman–Crippen MR) is 85.2 cm³/mol. The molecule has 0 fully saturated rings. The van der Waals surface area contributed by atoms with E-state index in [0.29, 0.717) is 6.42 Å². The van der Waals surface area contributed by atoms with Gasteiger partial charge in [-0.25, -0.2) is 0 Å². The summed E-state index contributed by atoms with van der Waals surface area (Å²) in [5.74, 6) is 0. The van der Waals surface area contributed by atoms with Crippen LogP contribution in [0.25, 0.3) is 0 Å². The monoisotopic (exact) mass is 288 g/mol. The van der Waals surface area contributed by atoms with Crippen LogP contribution in [0.5, 0.6) is 0 Å². The fraction of sp³-hybridized carbons (Fsp3) is 0.250. The summed E-state index contributed by atoms with van der Waals surface area (Å²) in [6.07, 6.45) is 9.19. The summed E-state index contributed by atoms with van der Waals surface area (Å²) in [6, 6.07) is 9.99. The molecule has 0 aliphatic heterocycles. The van der Waals surface area contributed by atoms with Crippen LogP contribution in [0.2, 0.25) is 0 Å². The van der Waals surface area contributed by atoms with Gasteiger partial charge in [0, 0.05) is 11.3 Å². The minimum absolute atomic E-state index is 0.692. The van der Waals surface area contributed by atoms with E-state index in [9.17, 15) is 5.11 Å². The largest absolute Gasteiger partial charge is 0.380 e. The molecule has 3 rings (SSSR count). The fourth-order valence-electron chi connectivity index (χ4n) is 2.75. The van der Waals surface area contributed by atoms with E-state index in [4.69, 9.17) is 0 Å². The molecule has 2 aliphatic carbocycles. The van der Waals surface area contributed by atoms with Gasteiger partial charge in [-0.15, -0.1) is 23.5 Å². The van der Waals surface area contributed by atoms with E-state index in [0.717, 1.165) is 11.1 Å². The van der Waals surface area contributed by atoms with Gasteiger partial charge in [0.2, 0.25) is 0 Å². The Hall–Kier alpha value is -0.900. The van der Waals surface area contributed by atoms with Crippen LogP contribution in [-0.2, 0) is 5.60 Å². The third-order valence-corrected chi connectivity index (χ3v) is 5.32. The number of aliphatic hydroxyl groups is 1. The Kier molecular flexibility index (Phi) is 3.37. The first-order valence-corrected chi connectivity index (χ1v) is 8.67. The Labute approximate surface area is 122 Å². The van der Waals surface area contributed by atoms with Gasteiger partial charge in [-0.05, 0) is 46.3 Å². The average molecular weight is 288 g/mol. The molecule has 0 radical (unpaired) electrons. The molecule has 0 amide bonds. The number of benzene rings is 1. The van der Waals surface area contributed by atoms with E-state index < -0.39 is 5.60 Å². The highest BCUT2D eigenvalue weighted by atomic mass is 32.2. The number of rotatable bonds is 3. The van der Waals surface area contributed by atoms with Crippen LogP contribution >= 0.6 is 23.5 Å². The standard InChI is InChI=1S/C16H16OS2/c1-18-12-8-13-14(9-12)16(17,10-15(13)19-2)11-6-4-3-5-7-11/h3-9,17H,10H2,1-2H3. The van der Waals surface area contributed by atoms with Crippen molar-refractivity contribution in [3.63, 3.8) is 0 Å². The van der Waals surface area contributed by atoms with Crippen molar-refractivity contribution in [2.75, 3.05) is 12.5 Å². The van der Waals surface area contributed by atoms with Crippen molar-refractivity contribution in [2.24, 2.45) is 0 Å². The van der Waals surface area contributed by atoms with Crippen molar-refractivity contribution >= 4 is 23.5 Å². The SMILES string of the molecule is CSC1=CC2=C(SC)CC(O)(c3ccccc3)C2=C1. The maximum Gasteiger partial charge on any atom is 0.120 e. The van der Waals surface area contributed by atoms with E-state index in [1.54, 1.807) is 23.5 Å². The Bertz CT molecular complexity index is 598. The highest BCUT2D eigenvalue weighted by molar-refractivity contribution is 8.02. The molecule has 1 atom stereocenters. The zero-order valence-electron chi connectivity index (χ0n) is 11.0. The lowest BCUT2D eigenvalue weighted by molar-refractivity contribution is 0.0884. The summed E-state index contributed by atoms with van der Waals surface area (Å²) < 4.78 is 0. The van der Waals surface area contributed by atoms with Crippen LogP contribution in [0.15, 0.2) is 63.4 Å². The van der Waals surface area contributed by atoms with E-state index in [1.165, 1.54) is 15.4 Å². The molecule has 0 aromatic heterocycles. The quantitative estimate of drug-likeness (QED) is 0.905. The van der Waals surface area contributed by atoms with Gasteiger partial charge in [0.05, 0.1) is 0 Å². The molecule has 1 N–H and O–H groups in total. The molecule has 0 saturated heterocycles. The van der Waals surface area contributed by atoms with E-state index >= 15 is 0 Å². The number of fused-ring (bicyclic) bond motifs is 1. The van der Waals surface area contributed by atoms with Crippen molar-refractivity contribution in [3.05, 3.63) is 69.0 Å². The molecule has 1 aromatic carbocycles. The van der Waals surface area contributed by atoms with Gasteiger partial charge < -0.3 is 5.11 Å². The first-order chi connectivity index (χ1) is 9.19. The first-order valence-electron chi connectivity index (χ1n) is 6.22. The molecule has 98 valence electrons. The molecule has 0 spiro atoms. The normalized spacial score (nSPS) is 25.4. The number of allylic oxidation sites excluding steroid dienone is 2. The van der Waals surface area contributed by atoms with Crippen molar-refractivity contribution in [2.45, 2.75) is 12.0 Å². The molecular weight excluding hydrogens is 272 g/mol. The molecule has 1 aromatic rings. The minimum Gasteiger partial charge on any atom is -0.380 e. The van der Waals surface area contributed by atoms with Crippen LogP contribution in [0.4, 0.5) is 0 Å². The average Bonchev–Trinajstić information content (AvgIpc) is 2.99. The van der Waals surface area contributed by atoms with Crippen molar-refractivity contribution in [1.29, 1.82) is 0 Å². The maximum absolute atomic E-state index is 11.2. The molecule has 0 bridgehead atoms. The van der Waals surface area contributed by atoms with E-state index in [-0.39, 0.29) is 0 Å². The molecule has 1 unspecified atom stereocenters. The Morgan fingerprint density at radius 2 is 1.79 bits per heavy atom. The summed E-state index contributed by atoms with van der Waals surface area (Å²) in [4.78, 5) is 2.51. The minimum atomic E-state index is -0.858. The van der Waals surface area contributed by atoms with Gasteiger partial charge in [-0.1, -0.05) is 30.3 Å². The predicted octanol–water partition coefficient (Wildman–Crippen LogP) is 4.08. The lowest BCUT2D eigenvalue weighted by atomic mass is 9.87. The molecule has 1 nitrogen and oxygen atoms in total. The van der Waals surface area contributed by atoms with Crippen LogP contribution in [0.3, 0.4) is 0 Å². The van der Waals surface area contributed by atoms with Gasteiger partial charge in [-0.3, -0.25) is 0 Å². The van der Waals surface area contributed by atoms with Gasteiger partial charge in [-0.2, -0.15) is 0 Å². The van der Waals surface area contributed by atoms with Crippen LogP contribution in [0.1, 0.15) is 12.0 Å². The van der Waals surface area contributed by atoms with Gasteiger partial charge in [0.1, 0.15) is 5.60 Å². The molecular formula is C16H16OS2. The second-order valence-electron chi connectivity index (χ2n) is 4.75. The molecule has 2 aliphatic rings. The summed E-state index contributed by atoms with van der Waals surface area (Å²) >= 11 is 3.47. The third-order valence-electron chi connectivity index (χ3n) is 3.76. The van der Waals surface area contributed by atoms with Crippen LogP contribution in [0, 0.1) is 0 Å². The Balaban J connectivity index is 2.10. The van der Waals surface area contributed by atoms with Gasteiger partial charge in [0.25, 0.3) is 0 Å². The van der Waals surface area contributed by atoms with Crippen LogP contribution < -0.4 is 0 Å². The fourth-order valence-corrected chi connectivity index (χ4v) is 3.96. The molecule has 19 heavy (non-hydrogen) atoms. The van der Waals surface area contributed by atoms with E-state index in [1.807, 2.05) is 30.3 Å². The van der Waals surface area contributed by atoms with Gasteiger partial charge in [0.15, 0.2) is 0 Å². The molecule has 3 heteroatoms. The van der Waals surface area contributed by atoms with Gasteiger partial charge >= 0.3 is 0 Å². The Morgan fingerprint density at radius 1 is 1.05 bits per heavy atom. The number of thioether (sulfide) groups is 2. The second kappa shape index (κ2) is 4.89. The van der Waals surface area contributed by atoms with Crippen molar-refractivity contribution in [3.8, 4) is 0 Å². The molecule has 0 saturated carbocycles. The third kappa shape index (κ3) is 2.00. The highest BCUT2D eigenvalue weighted by Gasteiger charge is 2.43. The summed E-state index contributed by atoms with van der Waals surface area (Å²) in [6.45, 7) is 0. The molecule has 0 heterocycles. The van der Waals surface area contributed by atoms with Crippen molar-refractivity contribution < 1.29 is 5.11 Å². The smallest absolute Gasteiger partial charge is 0.120 e.